The third kappa shape index (κ3) is 8.44. The van der Waals surface area contributed by atoms with E-state index in [2.05, 4.69) is 23.6 Å². The summed E-state index contributed by atoms with van der Waals surface area (Å²) in [5.74, 6) is -1.55. The summed E-state index contributed by atoms with van der Waals surface area (Å²) in [6.45, 7) is 9.34. The van der Waals surface area contributed by atoms with Gasteiger partial charge in [0.2, 0.25) is 5.91 Å². The Labute approximate surface area is 243 Å². The first-order valence-electron chi connectivity index (χ1n) is 15.4. The summed E-state index contributed by atoms with van der Waals surface area (Å²) in [5.41, 5.74) is 1.08. The molecule has 2 aliphatic heterocycles. The Morgan fingerprint density at radius 3 is 2.44 bits per heavy atom. The first kappa shape index (κ1) is 30.8. The lowest BCUT2D eigenvalue weighted by Gasteiger charge is -2.31. The van der Waals surface area contributed by atoms with Crippen LogP contribution in [0.5, 0.6) is 5.75 Å². The highest BCUT2D eigenvalue weighted by Crippen LogP contribution is 2.34. The number of anilines is 1. The van der Waals surface area contributed by atoms with Crippen molar-refractivity contribution in [2.45, 2.75) is 90.6 Å². The topological polar surface area (TPSA) is 106 Å². The maximum absolute atomic E-state index is 13.3. The van der Waals surface area contributed by atoms with Crippen LogP contribution >= 0.6 is 0 Å². The van der Waals surface area contributed by atoms with Crippen molar-refractivity contribution in [1.29, 1.82) is 0 Å². The maximum Gasteiger partial charge on any atom is 0.442 e. The molecule has 10 heteroatoms. The van der Waals surface area contributed by atoms with Gasteiger partial charge in [0.1, 0.15) is 5.75 Å². The number of esters is 1. The largest absolute Gasteiger partial charge is 0.494 e. The van der Waals surface area contributed by atoms with Crippen LogP contribution in [-0.4, -0.2) is 79.0 Å². The Morgan fingerprint density at radius 2 is 1.71 bits per heavy atom. The van der Waals surface area contributed by atoms with E-state index >= 15 is 0 Å². The third-order valence-electron chi connectivity index (χ3n) is 8.43. The molecule has 1 saturated heterocycles. The Balaban J connectivity index is 1.26. The predicted molar refractivity (Wildman–Crippen MR) is 153 cm³/mol. The molecule has 4 rings (SSSR count). The summed E-state index contributed by atoms with van der Waals surface area (Å²) in [6, 6.07) is 5.10. The average molecular weight is 572 g/mol. The van der Waals surface area contributed by atoms with E-state index in [4.69, 9.17) is 14.3 Å². The minimum Gasteiger partial charge on any atom is -0.494 e. The van der Waals surface area contributed by atoms with Crippen LogP contribution in [0, 0.1) is 5.92 Å². The molecule has 0 aromatic heterocycles. The Morgan fingerprint density at radius 1 is 0.976 bits per heavy atom. The lowest BCUT2D eigenvalue weighted by atomic mass is 9.90. The van der Waals surface area contributed by atoms with Crippen molar-refractivity contribution < 1.29 is 33.5 Å². The van der Waals surface area contributed by atoms with Crippen molar-refractivity contribution in [3.05, 3.63) is 23.8 Å². The summed E-state index contributed by atoms with van der Waals surface area (Å²) < 4.78 is 10.9. The highest BCUT2D eigenvalue weighted by atomic mass is 16.7. The first-order chi connectivity index (χ1) is 19.9. The molecule has 3 aliphatic rings. The number of hydrogen-bond donors (Lipinski definition) is 0. The molecule has 1 saturated carbocycles. The van der Waals surface area contributed by atoms with Crippen molar-refractivity contribution in [3.8, 4) is 5.75 Å². The fourth-order valence-electron chi connectivity index (χ4n) is 5.91. The third-order valence-corrected chi connectivity index (χ3v) is 8.43. The average Bonchev–Trinajstić information content (AvgIpc) is 3.01. The van der Waals surface area contributed by atoms with E-state index in [1.165, 1.54) is 44.9 Å². The van der Waals surface area contributed by atoms with Crippen LogP contribution in [0.15, 0.2) is 18.2 Å². The van der Waals surface area contributed by atoms with Gasteiger partial charge in [0.25, 0.3) is 0 Å². The number of amides is 2. The second-order valence-corrected chi connectivity index (χ2v) is 11.3. The van der Waals surface area contributed by atoms with Crippen molar-refractivity contribution in [2.75, 3.05) is 44.4 Å². The van der Waals surface area contributed by atoms with Gasteiger partial charge in [-0.3, -0.25) is 9.59 Å². The fourth-order valence-corrected chi connectivity index (χ4v) is 5.91. The van der Waals surface area contributed by atoms with Crippen molar-refractivity contribution >= 4 is 29.4 Å². The molecule has 2 amide bonds. The number of likely N-dealkylation sites (N-methyl/N-ethyl adjacent to an activating group) is 1. The molecule has 1 atom stereocenters. The SMILES string of the molecule is CCN(CC)CCN(CC1CCCCCCC1)C(=O)CCCCOc1ccc2c(c1)CC1OC(=O)C(=O)ON2C1=O. The lowest BCUT2D eigenvalue weighted by molar-refractivity contribution is -0.166. The van der Waals surface area contributed by atoms with Crippen molar-refractivity contribution in [2.24, 2.45) is 5.92 Å². The second kappa shape index (κ2) is 15.2. The summed E-state index contributed by atoms with van der Waals surface area (Å²) in [4.78, 5) is 58.6. The number of rotatable bonds is 13. The number of ether oxygens (including phenoxy) is 2. The molecule has 1 aromatic rings. The zero-order valence-corrected chi connectivity index (χ0v) is 24.6. The quantitative estimate of drug-likeness (QED) is 0.199. The second-order valence-electron chi connectivity index (χ2n) is 11.3. The van der Waals surface area contributed by atoms with Gasteiger partial charge < -0.3 is 24.1 Å². The molecule has 0 radical (unpaired) electrons. The van der Waals surface area contributed by atoms with Crippen LogP contribution < -0.4 is 9.80 Å². The normalized spacial score (nSPS) is 19.5. The van der Waals surface area contributed by atoms with Gasteiger partial charge in [-0.25, -0.2) is 9.59 Å². The van der Waals surface area contributed by atoms with Crippen LogP contribution in [0.3, 0.4) is 0 Å². The van der Waals surface area contributed by atoms with E-state index in [9.17, 15) is 19.2 Å². The van der Waals surface area contributed by atoms with Crippen LogP contribution in [0.25, 0.3) is 0 Å². The van der Waals surface area contributed by atoms with E-state index in [0.29, 0.717) is 35.9 Å². The Kier molecular flexibility index (Phi) is 11.4. The maximum atomic E-state index is 13.3. The molecule has 10 nitrogen and oxygen atoms in total. The molecule has 1 aliphatic carbocycles. The van der Waals surface area contributed by atoms with Crippen LogP contribution in [-0.2, 0) is 35.2 Å². The highest BCUT2D eigenvalue weighted by molar-refractivity contribution is 6.31. The number of hydroxylamine groups is 1. The summed E-state index contributed by atoms with van der Waals surface area (Å²) >= 11 is 0. The molecule has 0 spiro atoms. The van der Waals surface area contributed by atoms with Crippen molar-refractivity contribution in [1.82, 2.24) is 9.80 Å². The number of nitrogens with zero attached hydrogens (tertiary/aromatic N) is 3. The Bertz CT molecular complexity index is 1070. The summed E-state index contributed by atoms with van der Waals surface area (Å²) in [7, 11) is 0. The molecule has 1 aromatic carbocycles. The number of carbonyl (C=O) groups is 4. The molecule has 2 heterocycles. The zero-order valence-electron chi connectivity index (χ0n) is 24.6. The van der Waals surface area contributed by atoms with Gasteiger partial charge in [-0.2, -0.15) is 0 Å². The smallest absolute Gasteiger partial charge is 0.442 e. The number of hydrogen-bond acceptors (Lipinski definition) is 8. The monoisotopic (exact) mass is 571 g/mol. The molecule has 2 fully saturated rings. The van der Waals surface area contributed by atoms with Crippen LogP contribution in [0.1, 0.15) is 83.6 Å². The Hall–Kier alpha value is -3.14. The van der Waals surface area contributed by atoms with Gasteiger partial charge in [0.05, 0.1) is 12.3 Å². The molecule has 0 N–H and O–H groups in total. The highest BCUT2D eigenvalue weighted by Gasteiger charge is 2.43. The van der Waals surface area contributed by atoms with Gasteiger partial charge in [-0.1, -0.05) is 46.0 Å². The van der Waals surface area contributed by atoms with E-state index in [-0.39, 0.29) is 12.3 Å². The van der Waals surface area contributed by atoms with Gasteiger partial charge >= 0.3 is 17.8 Å². The summed E-state index contributed by atoms with van der Waals surface area (Å²) in [6.07, 6.45) is 9.98. The van der Waals surface area contributed by atoms with Gasteiger partial charge in [0, 0.05) is 32.5 Å². The zero-order chi connectivity index (χ0) is 29.2. The summed E-state index contributed by atoms with van der Waals surface area (Å²) in [5, 5.41) is 0.828. The molecular weight excluding hydrogens is 526 g/mol. The van der Waals surface area contributed by atoms with E-state index in [1.807, 2.05) is 0 Å². The van der Waals surface area contributed by atoms with Crippen LogP contribution in [0.2, 0.25) is 0 Å². The number of unbranched alkanes of at least 4 members (excludes halogenated alkanes) is 1. The van der Waals surface area contributed by atoms with E-state index < -0.39 is 23.9 Å². The predicted octanol–water partition coefficient (Wildman–Crippen LogP) is 4.04. The number of carbonyl (C=O) groups excluding carboxylic acids is 4. The first-order valence-corrected chi connectivity index (χ1v) is 15.4. The molecule has 226 valence electrons. The molecule has 2 bridgehead atoms. The number of fused-ring (bicyclic) bond motifs is 4. The molecular formula is C31H45N3O7. The van der Waals surface area contributed by atoms with E-state index in [1.54, 1.807) is 18.2 Å². The lowest BCUT2D eigenvalue weighted by Crippen LogP contribution is -2.43. The fraction of sp³-hybridized carbons (Fsp3) is 0.677. The number of benzene rings is 1. The van der Waals surface area contributed by atoms with Crippen LogP contribution in [0.4, 0.5) is 5.69 Å². The van der Waals surface area contributed by atoms with Gasteiger partial charge in [-0.15, -0.1) is 5.06 Å². The van der Waals surface area contributed by atoms with Crippen molar-refractivity contribution in [3.63, 3.8) is 0 Å². The van der Waals surface area contributed by atoms with E-state index in [0.717, 1.165) is 50.6 Å². The standard InChI is InChI=1S/C31H45N3O7/c1-3-32(4-2)17-18-33(22-23-12-8-6-5-7-9-13-23)28(35)14-10-11-19-39-25-15-16-26-24(20-25)21-27-29(36)34(26)41-31(38)30(37)40-27/h15-16,20,23,27H,3-14,17-19,21-22H2,1-2H3. The van der Waals surface area contributed by atoms with Gasteiger partial charge in [0.15, 0.2) is 6.10 Å². The minimum atomic E-state index is -1.22. The molecule has 41 heavy (non-hydrogen) atoms. The van der Waals surface area contributed by atoms with Gasteiger partial charge in [-0.05, 0) is 68.5 Å². The minimum absolute atomic E-state index is 0.142. The molecule has 1 unspecified atom stereocenters.